The van der Waals surface area contributed by atoms with Gasteiger partial charge in [-0.1, -0.05) is 12.1 Å². The maximum atomic E-state index is 6.07. The molecule has 4 heteroatoms. The van der Waals surface area contributed by atoms with Crippen LogP contribution in [-0.2, 0) is 13.5 Å². The highest BCUT2D eigenvalue weighted by molar-refractivity contribution is 5.42. The van der Waals surface area contributed by atoms with Gasteiger partial charge in [-0.3, -0.25) is 0 Å². The highest BCUT2D eigenvalue weighted by Crippen LogP contribution is 2.30. The van der Waals surface area contributed by atoms with E-state index >= 15 is 0 Å². The molecule has 0 atom stereocenters. The van der Waals surface area contributed by atoms with E-state index < -0.39 is 0 Å². The van der Waals surface area contributed by atoms with E-state index in [0.29, 0.717) is 6.54 Å². The van der Waals surface area contributed by atoms with Crippen molar-refractivity contribution >= 4 is 0 Å². The Hall–Kier alpha value is -1.81. The van der Waals surface area contributed by atoms with Crippen molar-refractivity contribution in [3.63, 3.8) is 0 Å². The first kappa shape index (κ1) is 13.6. The number of nitrogens with two attached hydrogens (primary N) is 1. The molecule has 0 aliphatic heterocycles. The van der Waals surface area contributed by atoms with Crippen LogP contribution in [0, 0.1) is 20.8 Å². The van der Waals surface area contributed by atoms with Crippen LogP contribution < -0.4 is 10.5 Å². The number of nitrogens with zero attached hydrogens (tertiary/aromatic N) is 2. The summed E-state index contributed by atoms with van der Waals surface area (Å²) in [5.41, 5.74) is 10.1. The van der Waals surface area contributed by atoms with Gasteiger partial charge in [0.2, 0.25) is 5.88 Å². The Morgan fingerprint density at radius 2 is 2.00 bits per heavy atom. The monoisotopic (exact) mass is 259 g/mol. The predicted octanol–water partition coefficient (Wildman–Crippen LogP) is 2.64. The first-order valence-corrected chi connectivity index (χ1v) is 6.51. The topological polar surface area (TPSA) is 53.1 Å². The first-order chi connectivity index (χ1) is 9.04. The molecule has 4 nitrogen and oxygen atoms in total. The van der Waals surface area contributed by atoms with Crippen LogP contribution in [0.2, 0.25) is 0 Å². The minimum absolute atomic E-state index is 0.593. The summed E-state index contributed by atoms with van der Waals surface area (Å²) in [5.74, 6) is 1.66. The van der Waals surface area contributed by atoms with Gasteiger partial charge in [0.25, 0.3) is 0 Å². The number of hydrogen-bond donors (Lipinski definition) is 1. The Balaban J connectivity index is 2.40. The Bertz CT molecular complexity index is 587. The summed E-state index contributed by atoms with van der Waals surface area (Å²) < 4.78 is 7.85. The summed E-state index contributed by atoms with van der Waals surface area (Å²) >= 11 is 0. The van der Waals surface area contributed by atoms with Gasteiger partial charge >= 0.3 is 0 Å². The average molecular weight is 259 g/mol. The smallest absolute Gasteiger partial charge is 0.221 e. The number of hydrogen-bond acceptors (Lipinski definition) is 3. The average Bonchev–Trinajstić information content (AvgIpc) is 2.62. The maximum Gasteiger partial charge on any atom is 0.221 e. The van der Waals surface area contributed by atoms with Crippen molar-refractivity contribution in [3.05, 3.63) is 40.6 Å². The van der Waals surface area contributed by atoms with E-state index in [0.717, 1.165) is 34.9 Å². The van der Waals surface area contributed by atoms with Crippen molar-refractivity contribution < 1.29 is 4.74 Å². The molecule has 2 aromatic rings. The fourth-order valence-corrected chi connectivity index (χ4v) is 2.18. The lowest BCUT2D eigenvalue weighted by atomic mass is 10.1. The second-order valence-corrected chi connectivity index (χ2v) is 4.83. The third-order valence-electron chi connectivity index (χ3n) is 3.44. The molecule has 0 aliphatic carbocycles. The standard InChI is InChI=1S/C15H21N3O/c1-10-6-5-7-14(11(10)2)19-15-13(8-9-16)12(3)17-18(15)4/h5-7H,8-9,16H2,1-4H3. The molecule has 0 aliphatic rings. The number of aromatic nitrogens is 2. The number of benzene rings is 1. The summed E-state index contributed by atoms with van der Waals surface area (Å²) in [4.78, 5) is 0. The molecule has 0 saturated carbocycles. The molecule has 0 amide bonds. The third-order valence-corrected chi connectivity index (χ3v) is 3.44. The molecule has 2 rings (SSSR count). The van der Waals surface area contributed by atoms with Gasteiger partial charge in [0.15, 0.2) is 0 Å². The second kappa shape index (κ2) is 5.45. The van der Waals surface area contributed by atoms with Gasteiger partial charge < -0.3 is 10.5 Å². The molecule has 0 spiro atoms. The highest BCUT2D eigenvalue weighted by atomic mass is 16.5. The second-order valence-electron chi connectivity index (χ2n) is 4.83. The molecule has 2 N–H and O–H groups in total. The van der Waals surface area contributed by atoms with Crippen molar-refractivity contribution in [1.82, 2.24) is 9.78 Å². The minimum atomic E-state index is 0.593. The van der Waals surface area contributed by atoms with Crippen LogP contribution in [0.1, 0.15) is 22.4 Å². The van der Waals surface area contributed by atoms with Crippen LogP contribution in [0.15, 0.2) is 18.2 Å². The van der Waals surface area contributed by atoms with Crippen LogP contribution in [-0.4, -0.2) is 16.3 Å². The van der Waals surface area contributed by atoms with Crippen molar-refractivity contribution in [1.29, 1.82) is 0 Å². The van der Waals surface area contributed by atoms with Crippen LogP contribution in [0.25, 0.3) is 0 Å². The lowest BCUT2D eigenvalue weighted by molar-refractivity contribution is 0.423. The van der Waals surface area contributed by atoms with Crippen LogP contribution in [0.3, 0.4) is 0 Å². The zero-order valence-electron chi connectivity index (χ0n) is 12.0. The highest BCUT2D eigenvalue weighted by Gasteiger charge is 2.15. The van der Waals surface area contributed by atoms with Gasteiger partial charge in [0.05, 0.1) is 5.69 Å². The summed E-state index contributed by atoms with van der Waals surface area (Å²) in [5, 5.41) is 4.41. The largest absolute Gasteiger partial charge is 0.439 e. The van der Waals surface area contributed by atoms with Crippen molar-refractivity contribution in [2.45, 2.75) is 27.2 Å². The quantitative estimate of drug-likeness (QED) is 0.918. The van der Waals surface area contributed by atoms with E-state index in [1.54, 1.807) is 4.68 Å². The summed E-state index contributed by atoms with van der Waals surface area (Å²) in [6, 6.07) is 6.07. The molecule has 1 heterocycles. The van der Waals surface area contributed by atoms with E-state index in [4.69, 9.17) is 10.5 Å². The number of aryl methyl sites for hydroxylation is 3. The van der Waals surface area contributed by atoms with E-state index in [9.17, 15) is 0 Å². The summed E-state index contributed by atoms with van der Waals surface area (Å²) in [7, 11) is 1.90. The number of ether oxygens (including phenoxy) is 1. The molecular weight excluding hydrogens is 238 g/mol. The van der Waals surface area contributed by atoms with E-state index in [-0.39, 0.29) is 0 Å². The zero-order valence-corrected chi connectivity index (χ0v) is 12.0. The summed E-state index contributed by atoms with van der Waals surface area (Å²) in [6.07, 6.45) is 0.778. The van der Waals surface area contributed by atoms with Gasteiger partial charge in [-0.15, -0.1) is 0 Å². The Labute approximate surface area is 114 Å². The zero-order chi connectivity index (χ0) is 14.0. The molecule has 102 valence electrons. The van der Waals surface area contributed by atoms with E-state index in [2.05, 4.69) is 25.0 Å². The molecular formula is C15H21N3O. The molecule has 0 fully saturated rings. The van der Waals surface area contributed by atoms with Crippen LogP contribution in [0.4, 0.5) is 0 Å². The van der Waals surface area contributed by atoms with Crippen molar-refractivity contribution in [2.75, 3.05) is 6.54 Å². The lowest BCUT2D eigenvalue weighted by Gasteiger charge is -2.12. The van der Waals surface area contributed by atoms with Gasteiger partial charge in [-0.05, 0) is 50.9 Å². The van der Waals surface area contributed by atoms with Crippen molar-refractivity contribution in [2.24, 2.45) is 12.8 Å². The fraction of sp³-hybridized carbons (Fsp3) is 0.400. The Morgan fingerprint density at radius 1 is 1.26 bits per heavy atom. The van der Waals surface area contributed by atoms with Crippen LogP contribution >= 0.6 is 0 Å². The van der Waals surface area contributed by atoms with Gasteiger partial charge in [0, 0.05) is 12.6 Å². The predicted molar refractivity (Wildman–Crippen MR) is 76.7 cm³/mol. The van der Waals surface area contributed by atoms with E-state index in [1.807, 2.05) is 26.1 Å². The van der Waals surface area contributed by atoms with Gasteiger partial charge in [-0.25, -0.2) is 4.68 Å². The lowest BCUT2D eigenvalue weighted by Crippen LogP contribution is -2.05. The third kappa shape index (κ3) is 2.63. The maximum absolute atomic E-state index is 6.07. The fourth-order valence-electron chi connectivity index (χ4n) is 2.18. The SMILES string of the molecule is Cc1cccc(Oc2c(CCN)c(C)nn2C)c1C. The van der Waals surface area contributed by atoms with Crippen LogP contribution in [0.5, 0.6) is 11.6 Å². The Morgan fingerprint density at radius 3 is 2.68 bits per heavy atom. The van der Waals surface area contributed by atoms with Gasteiger partial charge in [-0.2, -0.15) is 5.10 Å². The van der Waals surface area contributed by atoms with Crippen molar-refractivity contribution in [3.8, 4) is 11.6 Å². The molecule has 1 aromatic carbocycles. The van der Waals surface area contributed by atoms with E-state index in [1.165, 1.54) is 5.56 Å². The molecule has 0 unspecified atom stereocenters. The molecule has 0 saturated heterocycles. The van der Waals surface area contributed by atoms with Gasteiger partial charge in [0.1, 0.15) is 5.75 Å². The summed E-state index contributed by atoms with van der Waals surface area (Å²) in [6.45, 7) is 6.73. The first-order valence-electron chi connectivity index (χ1n) is 6.51. The molecule has 0 radical (unpaired) electrons. The molecule has 0 bridgehead atoms. The normalized spacial score (nSPS) is 10.8. The molecule has 19 heavy (non-hydrogen) atoms. The number of rotatable bonds is 4. The molecule has 1 aromatic heterocycles. The Kier molecular flexibility index (Phi) is 3.90. The minimum Gasteiger partial charge on any atom is -0.439 e.